The number of anilines is 1. The molecule has 2 aromatic rings. The first-order valence-electron chi connectivity index (χ1n) is 8.76. The molecule has 27 heavy (non-hydrogen) atoms. The first-order valence-corrected chi connectivity index (χ1v) is 9.98. The molecule has 2 heterocycles. The van der Waals surface area contributed by atoms with Gasteiger partial charge in [0.1, 0.15) is 11.6 Å². The molecular weight excluding hydrogens is 362 g/mol. The summed E-state index contributed by atoms with van der Waals surface area (Å²) in [6, 6.07) is 7.89. The highest BCUT2D eigenvalue weighted by Gasteiger charge is 2.22. The summed E-state index contributed by atoms with van der Waals surface area (Å²) in [5, 5.41) is 13.9. The summed E-state index contributed by atoms with van der Waals surface area (Å²) in [5.74, 6) is 1.94. The molecule has 0 aliphatic carbocycles. The van der Waals surface area contributed by atoms with E-state index in [1.807, 2.05) is 24.5 Å². The standard InChI is InChI=1S/C19H23N5O2S/c1-25-15-6-5-13(11-16(15)26-2)17-14(12-20)18(23-19(22-17)27-3)24-9-4-7-21-8-10-24/h5-6,11,21H,4,7-10H2,1-3H3. The summed E-state index contributed by atoms with van der Waals surface area (Å²) >= 11 is 1.47. The van der Waals surface area contributed by atoms with Gasteiger partial charge < -0.3 is 19.7 Å². The lowest BCUT2D eigenvalue weighted by atomic mass is 10.1. The molecule has 1 aliphatic rings. The van der Waals surface area contributed by atoms with Crippen molar-refractivity contribution in [2.24, 2.45) is 0 Å². The first-order chi connectivity index (χ1) is 13.2. The average molecular weight is 385 g/mol. The zero-order chi connectivity index (χ0) is 19.2. The maximum Gasteiger partial charge on any atom is 0.189 e. The fourth-order valence-electron chi connectivity index (χ4n) is 3.10. The molecule has 8 heteroatoms. The number of nitrogens with one attached hydrogen (secondary N) is 1. The number of hydrogen-bond acceptors (Lipinski definition) is 8. The number of benzene rings is 1. The second-order valence-corrected chi connectivity index (χ2v) is 6.80. The second-order valence-electron chi connectivity index (χ2n) is 6.03. The van der Waals surface area contributed by atoms with Crippen LogP contribution in [0.3, 0.4) is 0 Å². The molecule has 0 bridgehead atoms. The molecule has 0 radical (unpaired) electrons. The summed E-state index contributed by atoms with van der Waals surface area (Å²) in [6.07, 6.45) is 2.95. The van der Waals surface area contributed by atoms with Crippen molar-refractivity contribution in [2.75, 3.05) is 51.6 Å². The van der Waals surface area contributed by atoms with Gasteiger partial charge in [0, 0.05) is 25.2 Å². The number of aromatic nitrogens is 2. The number of ether oxygens (including phenoxy) is 2. The van der Waals surface area contributed by atoms with Crippen LogP contribution < -0.4 is 19.7 Å². The fraction of sp³-hybridized carbons (Fsp3) is 0.421. The maximum atomic E-state index is 9.92. The van der Waals surface area contributed by atoms with Crippen molar-refractivity contribution in [1.82, 2.24) is 15.3 Å². The van der Waals surface area contributed by atoms with Gasteiger partial charge in [-0.05, 0) is 37.4 Å². The highest BCUT2D eigenvalue weighted by Crippen LogP contribution is 2.35. The van der Waals surface area contributed by atoms with Gasteiger partial charge in [-0.1, -0.05) is 11.8 Å². The topological polar surface area (TPSA) is 83.3 Å². The van der Waals surface area contributed by atoms with Crippen LogP contribution in [-0.4, -0.2) is 56.6 Å². The lowest BCUT2D eigenvalue weighted by Crippen LogP contribution is -2.29. The van der Waals surface area contributed by atoms with Crippen molar-refractivity contribution in [3.05, 3.63) is 23.8 Å². The van der Waals surface area contributed by atoms with Crippen LogP contribution in [0.15, 0.2) is 23.4 Å². The van der Waals surface area contributed by atoms with E-state index in [2.05, 4.69) is 26.3 Å². The number of hydrogen-bond donors (Lipinski definition) is 1. The minimum atomic E-state index is 0.488. The zero-order valence-corrected chi connectivity index (χ0v) is 16.6. The Morgan fingerprint density at radius 3 is 2.67 bits per heavy atom. The molecular formula is C19H23N5O2S. The summed E-state index contributed by atoms with van der Waals surface area (Å²) in [5.41, 5.74) is 1.91. The van der Waals surface area contributed by atoms with E-state index in [0.717, 1.165) is 38.2 Å². The van der Waals surface area contributed by atoms with Crippen LogP contribution in [0.4, 0.5) is 5.82 Å². The molecule has 1 aromatic heterocycles. The van der Waals surface area contributed by atoms with E-state index in [-0.39, 0.29) is 0 Å². The third kappa shape index (κ3) is 4.10. The molecule has 3 rings (SSSR count). The summed E-state index contributed by atoms with van der Waals surface area (Å²) in [6.45, 7) is 3.51. The van der Waals surface area contributed by atoms with Crippen LogP contribution in [-0.2, 0) is 0 Å². The van der Waals surface area contributed by atoms with Crippen LogP contribution >= 0.6 is 11.8 Å². The van der Waals surface area contributed by atoms with E-state index < -0.39 is 0 Å². The first kappa shape index (κ1) is 19.3. The van der Waals surface area contributed by atoms with E-state index in [9.17, 15) is 5.26 Å². The Morgan fingerprint density at radius 1 is 1.15 bits per heavy atom. The van der Waals surface area contributed by atoms with Gasteiger partial charge in [0.05, 0.1) is 19.9 Å². The summed E-state index contributed by atoms with van der Waals surface area (Å²) in [7, 11) is 3.19. The normalized spacial score (nSPS) is 14.4. The minimum Gasteiger partial charge on any atom is -0.493 e. The monoisotopic (exact) mass is 385 g/mol. The fourth-order valence-corrected chi connectivity index (χ4v) is 3.46. The van der Waals surface area contributed by atoms with Gasteiger partial charge >= 0.3 is 0 Å². The highest BCUT2D eigenvalue weighted by molar-refractivity contribution is 7.98. The van der Waals surface area contributed by atoms with Gasteiger partial charge in [0.25, 0.3) is 0 Å². The lowest BCUT2D eigenvalue weighted by molar-refractivity contribution is 0.355. The number of methoxy groups -OCH3 is 2. The minimum absolute atomic E-state index is 0.488. The Kier molecular flexibility index (Phi) is 6.37. The lowest BCUT2D eigenvalue weighted by Gasteiger charge is -2.23. The number of nitrogens with zero attached hydrogens (tertiary/aromatic N) is 4. The molecule has 0 amide bonds. The highest BCUT2D eigenvalue weighted by atomic mass is 32.2. The van der Waals surface area contributed by atoms with E-state index in [4.69, 9.17) is 9.47 Å². The van der Waals surface area contributed by atoms with Gasteiger partial charge in [-0.3, -0.25) is 0 Å². The van der Waals surface area contributed by atoms with E-state index in [0.29, 0.717) is 33.7 Å². The SMILES string of the molecule is COc1ccc(-c2nc(SC)nc(N3CCCNCC3)c2C#N)cc1OC. The molecule has 1 aromatic carbocycles. The van der Waals surface area contributed by atoms with Gasteiger partial charge in [-0.25, -0.2) is 9.97 Å². The zero-order valence-electron chi connectivity index (χ0n) is 15.8. The van der Waals surface area contributed by atoms with E-state index >= 15 is 0 Å². The third-order valence-electron chi connectivity index (χ3n) is 4.46. The van der Waals surface area contributed by atoms with Crippen LogP contribution in [0, 0.1) is 11.3 Å². The molecule has 1 N–H and O–H groups in total. The van der Waals surface area contributed by atoms with Gasteiger partial charge in [-0.15, -0.1) is 0 Å². The van der Waals surface area contributed by atoms with Crippen LogP contribution in [0.5, 0.6) is 11.5 Å². The quantitative estimate of drug-likeness (QED) is 0.621. The van der Waals surface area contributed by atoms with Gasteiger partial charge in [0.2, 0.25) is 0 Å². The smallest absolute Gasteiger partial charge is 0.189 e. The van der Waals surface area contributed by atoms with E-state index in [1.165, 1.54) is 11.8 Å². The maximum absolute atomic E-state index is 9.92. The van der Waals surface area contributed by atoms with Gasteiger partial charge in [-0.2, -0.15) is 5.26 Å². The molecule has 0 saturated carbocycles. The van der Waals surface area contributed by atoms with Crippen LogP contribution in [0.2, 0.25) is 0 Å². The summed E-state index contributed by atoms with van der Waals surface area (Å²) < 4.78 is 10.7. The average Bonchev–Trinajstić information content (AvgIpc) is 3.01. The molecule has 1 saturated heterocycles. The van der Waals surface area contributed by atoms with Crippen molar-refractivity contribution in [3.63, 3.8) is 0 Å². The second kappa shape index (κ2) is 8.93. The molecule has 0 atom stereocenters. The van der Waals surface area contributed by atoms with Crippen molar-refractivity contribution in [2.45, 2.75) is 11.6 Å². The molecule has 7 nitrogen and oxygen atoms in total. The predicted octanol–water partition coefficient (Wildman–Crippen LogP) is 2.55. The Hall–Kier alpha value is -2.50. The van der Waals surface area contributed by atoms with Crippen LogP contribution in [0.25, 0.3) is 11.3 Å². The Labute approximate surface area is 163 Å². The third-order valence-corrected chi connectivity index (χ3v) is 5.01. The number of rotatable bonds is 5. The Bertz CT molecular complexity index is 845. The molecule has 1 aliphatic heterocycles. The van der Waals surface area contributed by atoms with E-state index in [1.54, 1.807) is 14.2 Å². The number of nitriles is 1. The van der Waals surface area contributed by atoms with Crippen molar-refractivity contribution in [1.29, 1.82) is 5.26 Å². The molecule has 0 unspecified atom stereocenters. The molecule has 1 fully saturated rings. The summed E-state index contributed by atoms with van der Waals surface area (Å²) in [4.78, 5) is 11.5. The van der Waals surface area contributed by atoms with Gasteiger partial charge in [0.15, 0.2) is 22.5 Å². The Balaban J connectivity index is 2.15. The molecule has 0 spiro atoms. The van der Waals surface area contributed by atoms with Crippen LogP contribution in [0.1, 0.15) is 12.0 Å². The largest absolute Gasteiger partial charge is 0.493 e. The van der Waals surface area contributed by atoms with Crippen molar-refractivity contribution < 1.29 is 9.47 Å². The predicted molar refractivity (Wildman–Crippen MR) is 107 cm³/mol. The molecule has 142 valence electrons. The van der Waals surface area contributed by atoms with Crippen molar-refractivity contribution in [3.8, 4) is 28.8 Å². The number of thioether (sulfide) groups is 1. The van der Waals surface area contributed by atoms with Crippen molar-refractivity contribution >= 4 is 17.6 Å². The Morgan fingerprint density at radius 2 is 1.96 bits per heavy atom.